The maximum absolute atomic E-state index is 9.77. The molecule has 0 bridgehead atoms. The summed E-state index contributed by atoms with van der Waals surface area (Å²) in [7, 11) is 0. The summed E-state index contributed by atoms with van der Waals surface area (Å²) in [5.74, 6) is 0.726. The summed E-state index contributed by atoms with van der Waals surface area (Å²) >= 11 is 0. The molecule has 0 amide bonds. The van der Waals surface area contributed by atoms with Crippen molar-refractivity contribution in [2.75, 3.05) is 18.0 Å². The van der Waals surface area contributed by atoms with Crippen LogP contribution in [0.1, 0.15) is 26.3 Å². The summed E-state index contributed by atoms with van der Waals surface area (Å²) in [6, 6.07) is 5.48. The highest BCUT2D eigenvalue weighted by Crippen LogP contribution is 2.15. The van der Waals surface area contributed by atoms with Crippen molar-refractivity contribution in [1.82, 2.24) is 4.98 Å². The minimum absolute atomic E-state index is 0.491. The minimum atomic E-state index is -0.777. The average molecular weight is 219 g/mol. The molecule has 0 saturated carbocycles. The van der Waals surface area contributed by atoms with Crippen molar-refractivity contribution in [1.29, 1.82) is 5.26 Å². The lowest BCUT2D eigenvalue weighted by Crippen LogP contribution is -2.39. The number of aromatic nitrogens is 1. The van der Waals surface area contributed by atoms with E-state index in [0.717, 1.165) is 12.4 Å². The molecule has 1 aromatic rings. The van der Waals surface area contributed by atoms with Crippen LogP contribution in [0.25, 0.3) is 0 Å². The number of nitriles is 1. The molecular weight excluding hydrogens is 202 g/mol. The zero-order valence-electron chi connectivity index (χ0n) is 9.94. The maximum Gasteiger partial charge on any atom is 0.129 e. The number of aliphatic hydroxyl groups is 1. The van der Waals surface area contributed by atoms with Crippen molar-refractivity contribution >= 4 is 5.82 Å². The van der Waals surface area contributed by atoms with E-state index in [4.69, 9.17) is 5.26 Å². The minimum Gasteiger partial charge on any atom is -0.389 e. The molecule has 1 heterocycles. The van der Waals surface area contributed by atoms with Crippen LogP contribution in [-0.2, 0) is 0 Å². The molecule has 4 nitrogen and oxygen atoms in total. The number of pyridine rings is 1. The highest BCUT2D eigenvalue weighted by Gasteiger charge is 2.18. The van der Waals surface area contributed by atoms with Gasteiger partial charge in [-0.25, -0.2) is 4.98 Å². The standard InChI is InChI=1S/C12H17N3O/c1-4-15(9-12(2,3)16)11-7-10(8-13)5-6-14-11/h5-7,16H,4,9H2,1-3H3. The van der Waals surface area contributed by atoms with Crippen molar-refractivity contribution < 1.29 is 5.11 Å². The van der Waals surface area contributed by atoms with Gasteiger partial charge < -0.3 is 10.0 Å². The van der Waals surface area contributed by atoms with Crippen molar-refractivity contribution in [2.24, 2.45) is 0 Å². The number of rotatable bonds is 4. The Bertz CT molecular complexity index is 390. The number of anilines is 1. The SMILES string of the molecule is CCN(CC(C)(C)O)c1cc(C#N)ccn1. The van der Waals surface area contributed by atoms with Crippen LogP contribution in [0.2, 0.25) is 0 Å². The van der Waals surface area contributed by atoms with E-state index < -0.39 is 5.60 Å². The molecule has 16 heavy (non-hydrogen) atoms. The van der Waals surface area contributed by atoms with Crippen LogP contribution in [0.15, 0.2) is 18.3 Å². The molecule has 0 aromatic carbocycles. The highest BCUT2D eigenvalue weighted by atomic mass is 16.3. The van der Waals surface area contributed by atoms with Gasteiger partial charge in [0.2, 0.25) is 0 Å². The number of nitrogens with zero attached hydrogens (tertiary/aromatic N) is 3. The van der Waals surface area contributed by atoms with Crippen molar-refractivity contribution in [3.8, 4) is 6.07 Å². The molecule has 4 heteroatoms. The second-order valence-electron chi connectivity index (χ2n) is 4.34. The molecule has 0 aliphatic carbocycles. The highest BCUT2D eigenvalue weighted by molar-refractivity contribution is 5.45. The monoisotopic (exact) mass is 219 g/mol. The summed E-state index contributed by atoms with van der Waals surface area (Å²) < 4.78 is 0. The summed E-state index contributed by atoms with van der Waals surface area (Å²) in [6.45, 7) is 6.73. The van der Waals surface area contributed by atoms with Gasteiger partial charge in [-0.05, 0) is 32.9 Å². The molecule has 0 aliphatic rings. The first-order valence-corrected chi connectivity index (χ1v) is 5.30. The molecule has 0 unspecified atom stereocenters. The Morgan fingerprint density at radius 1 is 1.56 bits per heavy atom. The first-order valence-electron chi connectivity index (χ1n) is 5.30. The van der Waals surface area contributed by atoms with Gasteiger partial charge in [0.1, 0.15) is 5.82 Å². The first-order chi connectivity index (χ1) is 7.46. The third-order valence-corrected chi connectivity index (χ3v) is 2.16. The van der Waals surface area contributed by atoms with Crippen LogP contribution in [0.3, 0.4) is 0 Å². The topological polar surface area (TPSA) is 60.1 Å². The summed E-state index contributed by atoms with van der Waals surface area (Å²) in [4.78, 5) is 6.15. The van der Waals surface area contributed by atoms with Crippen LogP contribution >= 0.6 is 0 Å². The van der Waals surface area contributed by atoms with Crippen LogP contribution in [0.5, 0.6) is 0 Å². The second-order valence-corrected chi connectivity index (χ2v) is 4.34. The Morgan fingerprint density at radius 3 is 2.75 bits per heavy atom. The Morgan fingerprint density at radius 2 is 2.25 bits per heavy atom. The van der Waals surface area contributed by atoms with Gasteiger partial charge in [-0.15, -0.1) is 0 Å². The fourth-order valence-electron chi connectivity index (χ4n) is 1.48. The molecule has 1 aromatic heterocycles. The summed E-state index contributed by atoms with van der Waals surface area (Å²) in [6.07, 6.45) is 1.61. The smallest absolute Gasteiger partial charge is 0.129 e. The summed E-state index contributed by atoms with van der Waals surface area (Å²) in [5, 5.41) is 18.6. The van der Waals surface area contributed by atoms with E-state index in [9.17, 15) is 5.11 Å². The van der Waals surface area contributed by atoms with Gasteiger partial charge in [0, 0.05) is 19.3 Å². The van der Waals surface area contributed by atoms with E-state index in [1.165, 1.54) is 0 Å². The zero-order valence-corrected chi connectivity index (χ0v) is 9.94. The predicted octanol–water partition coefficient (Wildman–Crippen LogP) is 1.55. The lowest BCUT2D eigenvalue weighted by molar-refractivity contribution is 0.0874. The molecule has 86 valence electrons. The Balaban J connectivity index is 2.91. The quantitative estimate of drug-likeness (QED) is 0.834. The van der Waals surface area contributed by atoms with Gasteiger partial charge in [-0.1, -0.05) is 0 Å². The maximum atomic E-state index is 9.77. The van der Waals surface area contributed by atoms with Crippen LogP contribution in [0.4, 0.5) is 5.82 Å². The summed E-state index contributed by atoms with van der Waals surface area (Å²) in [5.41, 5.74) is -0.195. The van der Waals surface area contributed by atoms with Gasteiger partial charge in [0.25, 0.3) is 0 Å². The Labute approximate surface area is 96.2 Å². The second kappa shape index (κ2) is 4.95. The molecule has 0 radical (unpaired) electrons. The van der Waals surface area contributed by atoms with E-state index in [2.05, 4.69) is 11.1 Å². The van der Waals surface area contributed by atoms with Crippen molar-refractivity contribution in [3.63, 3.8) is 0 Å². The number of hydrogen-bond acceptors (Lipinski definition) is 4. The Kier molecular flexibility index (Phi) is 3.86. The van der Waals surface area contributed by atoms with Gasteiger partial charge in [-0.3, -0.25) is 0 Å². The lowest BCUT2D eigenvalue weighted by atomic mass is 10.1. The van der Waals surface area contributed by atoms with Gasteiger partial charge in [0.15, 0.2) is 0 Å². The largest absolute Gasteiger partial charge is 0.389 e. The molecule has 0 spiro atoms. The molecule has 0 saturated heterocycles. The molecular formula is C12H17N3O. The van der Waals surface area contributed by atoms with Gasteiger partial charge in [0.05, 0.1) is 17.2 Å². The fourth-order valence-corrected chi connectivity index (χ4v) is 1.48. The van der Waals surface area contributed by atoms with Crippen molar-refractivity contribution in [2.45, 2.75) is 26.4 Å². The third kappa shape index (κ3) is 3.52. The van der Waals surface area contributed by atoms with E-state index in [1.54, 1.807) is 32.2 Å². The fraction of sp³-hybridized carbons (Fsp3) is 0.500. The van der Waals surface area contributed by atoms with E-state index in [1.807, 2.05) is 11.8 Å². The van der Waals surface area contributed by atoms with Gasteiger partial charge in [-0.2, -0.15) is 5.26 Å². The van der Waals surface area contributed by atoms with Crippen LogP contribution in [0, 0.1) is 11.3 Å². The number of hydrogen-bond donors (Lipinski definition) is 1. The van der Waals surface area contributed by atoms with Gasteiger partial charge >= 0.3 is 0 Å². The van der Waals surface area contributed by atoms with E-state index in [0.29, 0.717) is 12.1 Å². The average Bonchev–Trinajstić information content (AvgIpc) is 2.25. The third-order valence-electron chi connectivity index (χ3n) is 2.16. The van der Waals surface area contributed by atoms with E-state index in [-0.39, 0.29) is 0 Å². The molecule has 0 aliphatic heterocycles. The lowest BCUT2D eigenvalue weighted by Gasteiger charge is -2.28. The predicted molar refractivity (Wildman–Crippen MR) is 63.1 cm³/mol. The Hall–Kier alpha value is -1.60. The van der Waals surface area contributed by atoms with Crippen LogP contribution in [-0.4, -0.2) is 28.8 Å². The zero-order chi connectivity index (χ0) is 12.2. The normalized spacial score (nSPS) is 10.9. The number of likely N-dealkylation sites (N-methyl/N-ethyl adjacent to an activating group) is 1. The van der Waals surface area contributed by atoms with Crippen LogP contribution < -0.4 is 4.90 Å². The van der Waals surface area contributed by atoms with Crippen molar-refractivity contribution in [3.05, 3.63) is 23.9 Å². The first kappa shape index (κ1) is 12.5. The molecule has 0 atom stereocenters. The van der Waals surface area contributed by atoms with E-state index >= 15 is 0 Å². The molecule has 1 N–H and O–H groups in total. The molecule has 0 fully saturated rings. The molecule has 1 rings (SSSR count).